The summed E-state index contributed by atoms with van der Waals surface area (Å²) in [5, 5.41) is 3.36. The van der Waals surface area contributed by atoms with Crippen LogP contribution in [0, 0.1) is 6.92 Å². The number of hydrogen-bond donors (Lipinski definition) is 1. The maximum Gasteiger partial charge on any atom is 0.142 e. The molecule has 5 heteroatoms. The molecule has 0 spiro atoms. The molecule has 0 amide bonds. The minimum absolute atomic E-state index is 0.552. The second-order valence-electron chi connectivity index (χ2n) is 4.33. The van der Waals surface area contributed by atoms with E-state index in [2.05, 4.69) is 22.2 Å². The molecule has 102 valence electrons. The minimum atomic E-state index is 0.552. The molecule has 0 aromatic carbocycles. The Hall–Kier alpha value is -1.46. The third kappa shape index (κ3) is 4.29. The standard InChI is InChI=1S/C14H19N3OS/c1-3-6-15-8-13-14(5-4-11(2)17-13)18-9-12-7-16-10-19-12/h4-5,7,10,15H,3,6,8-9H2,1-2H3. The fourth-order valence-electron chi connectivity index (χ4n) is 1.70. The van der Waals surface area contributed by atoms with E-state index in [1.54, 1.807) is 11.3 Å². The zero-order valence-electron chi connectivity index (χ0n) is 11.3. The van der Waals surface area contributed by atoms with E-state index in [-0.39, 0.29) is 0 Å². The Balaban J connectivity index is 2.01. The second kappa shape index (κ2) is 7.21. The van der Waals surface area contributed by atoms with Gasteiger partial charge in [-0.25, -0.2) is 0 Å². The lowest BCUT2D eigenvalue weighted by atomic mass is 10.2. The van der Waals surface area contributed by atoms with Crippen LogP contribution in [0.3, 0.4) is 0 Å². The highest BCUT2D eigenvalue weighted by Crippen LogP contribution is 2.19. The van der Waals surface area contributed by atoms with Crippen LogP contribution in [0.15, 0.2) is 23.8 Å². The van der Waals surface area contributed by atoms with Crippen molar-refractivity contribution in [3.8, 4) is 5.75 Å². The fraction of sp³-hybridized carbons (Fsp3) is 0.429. The fourth-order valence-corrected chi connectivity index (χ4v) is 2.21. The molecule has 0 aliphatic heterocycles. The van der Waals surface area contributed by atoms with Gasteiger partial charge < -0.3 is 10.1 Å². The molecular formula is C14H19N3OS. The highest BCUT2D eigenvalue weighted by Gasteiger charge is 2.06. The van der Waals surface area contributed by atoms with Crippen LogP contribution in [0.4, 0.5) is 0 Å². The largest absolute Gasteiger partial charge is 0.486 e. The van der Waals surface area contributed by atoms with Gasteiger partial charge >= 0.3 is 0 Å². The van der Waals surface area contributed by atoms with Crippen molar-refractivity contribution in [2.75, 3.05) is 6.54 Å². The van der Waals surface area contributed by atoms with E-state index in [0.29, 0.717) is 6.61 Å². The Kier molecular flexibility index (Phi) is 5.30. The van der Waals surface area contributed by atoms with E-state index in [4.69, 9.17) is 4.74 Å². The van der Waals surface area contributed by atoms with E-state index >= 15 is 0 Å². The van der Waals surface area contributed by atoms with Crippen LogP contribution in [0.2, 0.25) is 0 Å². The number of nitrogens with zero attached hydrogens (tertiary/aromatic N) is 2. The van der Waals surface area contributed by atoms with Crippen molar-refractivity contribution < 1.29 is 4.74 Å². The average molecular weight is 277 g/mol. The first-order chi connectivity index (χ1) is 9.29. The van der Waals surface area contributed by atoms with Crippen molar-refractivity contribution in [1.29, 1.82) is 0 Å². The van der Waals surface area contributed by atoms with Gasteiger partial charge in [0, 0.05) is 18.4 Å². The molecule has 2 aromatic heterocycles. The highest BCUT2D eigenvalue weighted by molar-refractivity contribution is 7.09. The van der Waals surface area contributed by atoms with Crippen molar-refractivity contribution in [3.05, 3.63) is 40.1 Å². The van der Waals surface area contributed by atoms with Crippen molar-refractivity contribution >= 4 is 11.3 Å². The number of thiazole rings is 1. The molecule has 19 heavy (non-hydrogen) atoms. The Labute approximate surface area is 117 Å². The molecule has 0 saturated heterocycles. The number of hydrogen-bond acceptors (Lipinski definition) is 5. The van der Waals surface area contributed by atoms with Crippen LogP contribution in [-0.4, -0.2) is 16.5 Å². The van der Waals surface area contributed by atoms with Crippen molar-refractivity contribution in [2.45, 2.75) is 33.4 Å². The van der Waals surface area contributed by atoms with E-state index in [9.17, 15) is 0 Å². The summed E-state index contributed by atoms with van der Waals surface area (Å²) in [6, 6.07) is 3.97. The monoisotopic (exact) mass is 277 g/mol. The molecule has 0 atom stereocenters. The van der Waals surface area contributed by atoms with Crippen molar-refractivity contribution in [2.24, 2.45) is 0 Å². The predicted octanol–water partition coefficient (Wildman–Crippen LogP) is 2.93. The predicted molar refractivity (Wildman–Crippen MR) is 77.4 cm³/mol. The Morgan fingerprint density at radius 1 is 1.37 bits per heavy atom. The summed E-state index contributed by atoms with van der Waals surface area (Å²) >= 11 is 1.60. The molecule has 2 aromatic rings. The molecule has 4 nitrogen and oxygen atoms in total. The minimum Gasteiger partial charge on any atom is -0.486 e. The molecule has 2 rings (SSSR count). The summed E-state index contributed by atoms with van der Waals surface area (Å²) in [7, 11) is 0. The summed E-state index contributed by atoms with van der Waals surface area (Å²) < 4.78 is 5.84. The highest BCUT2D eigenvalue weighted by atomic mass is 32.1. The molecule has 0 saturated carbocycles. The number of rotatable bonds is 7. The quantitative estimate of drug-likeness (QED) is 0.790. The molecule has 0 aliphatic rings. The Morgan fingerprint density at radius 2 is 2.26 bits per heavy atom. The zero-order valence-corrected chi connectivity index (χ0v) is 12.2. The van der Waals surface area contributed by atoms with Crippen molar-refractivity contribution in [3.63, 3.8) is 0 Å². The van der Waals surface area contributed by atoms with Crippen molar-refractivity contribution in [1.82, 2.24) is 15.3 Å². The molecule has 0 unspecified atom stereocenters. The first-order valence-corrected chi connectivity index (χ1v) is 7.35. The lowest BCUT2D eigenvalue weighted by Gasteiger charge is -2.11. The van der Waals surface area contributed by atoms with E-state index in [0.717, 1.165) is 41.5 Å². The zero-order chi connectivity index (χ0) is 13.5. The Bertz CT molecular complexity index is 499. The van der Waals surface area contributed by atoms with Gasteiger partial charge in [-0.2, -0.15) is 0 Å². The molecule has 1 N–H and O–H groups in total. The van der Waals surface area contributed by atoms with Gasteiger partial charge in [-0.3, -0.25) is 9.97 Å². The van der Waals surface area contributed by atoms with Gasteiger partial charge in [-0.1, -0.05) is 6.92 Å². The average Bonchev–Trinajstić information content (AvgIpc) is 2.91. The van der Waals surface area contributed by atoms with Gasteiger partial charge in [-0.15, -0.1) is 11.3 Å². The van der Waals surface area contributed by atoms with Gasteiger partial charge in [0.1, 0.15) is 12.4 Å². The van der Waals surface area contributed by atoms with Gasteiger partial charge in [0.25, 0.3) is 0 Å². The van der Waals surface area contributed by atoms with E-state index in [1.807, 2.05) is 30.8 Å². The number of pyridine rings is 1. The van der Waals surface area contributed by atoms with Crippen LogP contribution in [0.5, 0.6) is 5.75 Å². The summed E-state index contributed by atoms with van der Waals surface area (Å²) in [5.74, 6) is 0.850. The van der Waals surface area contributed by atoms with Crippen LogP contribution >= 0.6 is 11.3 Å². The normalized spacial score (nSPS) is 10.6. The Morgan fingerprint density at radius 3 is 3.00 bits per heavy atom. The van der Waals surface area contributed by atoms with Gasteiger partial charge in [0.05, 0.1) is 16.1 Å². The van der Waals surface area contributed by atoms with Crippen LogP contribution < -0.4 is 10.1 Å². The lowest BCUT2D eigenvalue weighted by Crippen LogP contribution is -2.16. The molecule has 0 bridgehead atoms. The lowest BCUT2D eigenvalue weighted by molar-refractivity contribution is 0.303. The molecule has 0 fully saturated rings. The third-order valence-electron chi connectivity index (χ3n) is 2.64. The third-order valence-corrected chi connectivity index (χ3v) is 3.40. The van der Waals surface area contributed by atoms with E-state index < -0.39 is 0 Å². The molecule has 0 aliphatic carbocycles. The van der Waals surface area contributed by atoms with E-state index in [1.165, 1.54) is 0 Å². The summed E-state index contributed by atoms with van der Waals surface area (Å²) in [6.07, 6.45) is 2.95. The second-order valence-corrected chi connectivity index (χ2v) is 5.30. The summed E-state index contributed by atoms with van der Waals surface area (Å²) in [4.78, 5) is 9.71. The summed E-state index contributed by atoms with van der Waals surface area (Å²) in [5.41, 5.74) is 3.80. The topological polar surface area (TPSA) is 47.0 Å². The number of aromatic nitrogens is 2. The summed E-state index contributed by atoms with van der Waals surface area (Å²) in [6.45, 7) is 6.43. The molecular weight excluding hydrogens is 258 g/mol. The maximum absolute atomic E-state index is 5.84. The molecule has 0 radical (unpaired) electrons. The van der Waals surface area contributed by atoms with Crippen LogP contribution in [-0.2, 0) is 13.2 Å². The van der Waals surface area contributed by atoms with Gasteiger partial charge in [-0.05, 0) is 32.0 Å². The molecule has 2 heterocycles. The van der Waals surface area contributed by atoms with Crippen LogP contribution in [0.25, 0.3) is 0 Å². The number of nitrogens with one attached hydrogen (secondary N) is 1. The number of aryl methyl sites for hydroxylation is 1. The SMILES string of the molecule is CCCNCc1nc(C)ccc1OCc1cncs1. The van der Waals surface area contributed by atoms with Gasteiger partial charge in [0.15, 0.2) is 0 Å². The number of ether oxygens (including phenoxy) is 1. The smallest absolute Gasteiger partial charge is 0.142 e. The van der Waals surface area contributed by atoms with Gasteiger partial charge in [0.2, 0.25) is 0 Å². The maximum atomic E-state index is 5.84. The first-order valence-electron chi connectivity index (χ1n) is 6.47. The first kappa shape index (κ1) is 14.0. The van der Waals surface area contributed by atoms with Crippen LogP contribution in [0.1, 0.15) is 29.6 Å².